The van der Waals surface area contributed by atoms with Gasteiger partial charge in [0.15, 0.2) is 5.82 Å². The highest BCUT2D eigenvalue weighted by atomic mass is 15.2. The summed E-state index contributed by atoms with van der Waals surface area (Å²) < 4.78 is 0. The normalized spacial score (nSPS) is 14.7. The predicted octanol–water partition coefficient (Wildman–Crippen LogP) is 1.83. The lowest BCUT2D eigenvalue weighted by Crippen LogP contribution is -2.22. The van der Waals surface area contributed by atoms with Gasteiger partial charge in [-0.05, 0) is 18.4 Å². The summed E-state index contributed by atoms with van der Waals surface area (Å²) >= 11 is 0. The van der Waals surface area contributed by atoms with Crippen LogP contribution in [0.15, 0.2) is 30.3 Å². The first-order valence-corrected chi connectivity index (χ1v) is 6.95. The monoisotopic (exact) mass is 269 g/mol. The van der Waals surface area contributed by atoms with Gasteiger partial charge >= 0.3 is 0 Å². The van der Waals surface area contributed by atoms with E-state index in [1.165, 1.54) is 18.4 Å². The first-order valence-electron chi connectivity index (χ1n) is 6.95. The van der Waals surface area contributed by atoms with Gasteiger partial charge in [0.2, 0.25) is 5.95 Å². The number of aromatic nitrogens is 2. The molecule has 0 atom stereocenters. The second kappa shape index (κ2) is 5.36. The maximum atomic E-state index is 6.26. The first-order chi connectivity index (χ1) is 9.74. The third-order valence-corrected chi connectivity index (χ3v) is 3.64. The fourth-order valence-electron chi connectivity index (χ4n) is 2.62. The number of benzene rings is 1. The van der Waals surface area contributed by atoms with E-state index in [0.717, 1.165) is 24.6 Å². The van der Waals surface area contributed by atoms with Crippen LogP contribution in [0.5, 0.6) is 0 Å². The van der Waals surface area contributed by atoms with Crippen molar-refractivity contribution >= 4 is 17.5 Å². The fraction of sp³-hybridized carbons (Fsp3) is 0.333. The zero-order valence-corrected chi connectivity index (χ0v) is 11.4. The van der Waals surface area contributed by atoms with Crippen molar-refractivity contribution in [2.45, 2.75) is 19.3 Å². The minimum absolute atomic E-state index is 0.298. The number of hydrogen-bond donors (Lipinski definition) is 2. The van der Waals surface area contributed by atoms with Gasteiger partial charge in [0.25, 0.3) is 0 Å². The van der Waals surface area contributed by atoms with Crippen molar-refractivity contribution in [3.63, 3.8) is 0 Å². The van der Waals surface area contributed by atoms with Gasteiger partial charge in [0.05, 0.1) is 11.4 Å². The lowest BCUT2D eigenvalue weighted by Gasteiger charge is -2.20. The van der Waals surface area contributed by atoms with E-state index in [2.05, 4.69) is 27.0 Å². The maximum Gasteiger partial charge on any atom is 0.222 e. The molecule has 104 valence electrons. The summed E-state index contributed by atoms with van der Waals surface area (Å²) in [5, 5.41) is 0. The molecular weight excluding hydrogens is 250 g/mol. The van der Waals surface area contributed by atoms with Gasteiger partial charge < -0.3 is 16.4 Å². The Morgan fingerprint density at radius 3 is 2.40 bits per heavy atom. The molecule has 1 fully saturated rings. The molecule has 0 bridgehead atoms. The first kappa shape index (κ1) is 12.7. The average Bonchev–Trinajstić information content (AvgIpc) is 2.97. The van der Waals surface area contributed by atoms with Gasteiger partial charge in [-0.3, -0.25) is 0 Å². The molecule has 4 N–H and O–H groups in total. The van der Waals surface area contributed by atoms with E-state index < -0.39 is 0 Å². The Balaban J connectivity index is 1.94. The molecule has 3 rings (SSSR count). The highest BCUT2D eigenvalue weighted by Crippen LogP contribution is 2.28. The molecule has 0 aliphatic carbocycles. The Morgan fingerprint density at radius 1 is 1.00 bits per heavy atom. The Labute approximate surface area is 118 Å². The van der Waals surface area contributed by atoms with Crippen molar-refractivity contribution in [2.75, 3.05) is 29.5 Å². The molecule has 20 heavy (non-hydrogen) atoms. The molecule has 1 aliphatic heterocycles. The molecule has 5 heteroatoms. The largest absolute Gasteiger partial charge is 0.394 e. The standard InChI is InChI=1S/C15H19N5/c16-13-12(10-11-6-2-1-3-7-11)18-15(17)19-14(13)20-8-4-5-9-20/h1-3,6-7H,4-5,8-10,16H2,(H2,17,18,19). The topological polar surface area (TPSA) is 81.1 Å². The van der Waals surface area contributed by atoms with E-state index in [1.807, 2.05) is 18.2 Å². The summed E-state index contributed by atoms with van der Waals surface area (Å²) in [6.45, 7) is 1.98. The summed E-state index contributed by atoms with van der Waals surface area (Å²) in [6, 6.07) is 10.1. The lowest BCUT2D eigenvalue weighted by molar-refractivity contribution is 0.921. The van der Waals surface area contributed by atoms with E-state index in [4.69, 9.17) is 11.5 Å². The number of nitrogens with zero attached hydrogens (tertiary/aromatic N) is 3. The van der Waals surface area contributed by atoms with Crippen LogP contribution >= 0.6 is 0 Å². The molecule has 1 aromatic heterocycles. The van der Waals surface area contributed by atoms with Crippen LogP contribution in [0.3, 0.4) is 0 Å². The van der Waals surface area contributed by atoms with Crippen molar-refractivity contribution in [3.8, 4) is 0 Å². The van der Waals surface area contributed by atoms with Crippen molar-refractivity contribution in [1.29, 1.82) is 0 Å². The van der Waals surface area contributed by atoms with E-state index in [-0.39, 0.29) is 0 Å². The van der Waals surface area contributed by atoms with Gasteiger partial charge in [-0.1, -0.05) is 30.3 Å². The molecule has 0 amide bonds. The second-order valence-electron chi connectivity index (χ2n) is 5.12. The third kappa shape index (κ3) is 2.52. The van der Waals surface area contributed by atoms with Crippen molar-refractivity contribution in [3.05, 3.63) is 41.6 Å². The number of nitrogens with two attached hydrogens (primary N) is 2. The summed E-state index contributed by atoms with van der Waals surface area (Å²) in [6.07, 6.45) is 3.04. The Kier molecular flexibility index (Phi) is 3.41. The molecule has 0 spiro atoms. The second-order valence-corrected chi connectivity index (χ2v) is 5.12. The average molecular weight is 269 g/mol. The minimum Gasteiger partial charge on any atom is -0.394 e. The van der Waals surface area contributed by atoms with E-state index in [9.17, 15) is 0 Å². The summed E-state index contributed by atoms with van der Waals surface area (Å²) in [7, 11) is 0. The number of nitrogen functional groups attached to an aromatic ring is 2. The number of anilines is 3. The lowest BCUT2D eigenvalue weighted by atomic mass is 10.1. The molecule has 5 nitrogen and oxygen atoms in total. The number of hydrogen-bond acceptors (Lipinski definition) is 5. The SMILES string of the molecule is Nc1nc(Cc2ccccc2)c(N)c(N2CCCC2)n1. The van der Waals surface area contributed by atoms with Gasteiger partial charge in [0, 0.05) is 19.5 Å². The van der Waals surface area contributed by atoms with Crippen LogP contribution in [0.4, 0.5) is 17.5 Å². The van der Waals surface area contributed by atoms with Crippen molar-refractivity contribution in [2.24, 2.45) is 0 Å². The Morgan fingerprint density at radius 2 is 1.70 bits per heavy atom. The smallest absolute Gasteiger partial charge is 0.222 e. The molecular formula is C15H19N5. The zero-order valence-electron chi connectivity index (χ0n) is 11.4. The van der Waals surface area contributed by atoms with Crippen LogP contribution < -0.4 is 16.4 Å². The molecule has 0 radical (unpaired) electrons. The quantitative estimate of drug-likeness (QED) is 0.888. The minimum atomic E-state index is 0.298. The molecule has 0 unspecified atom stereocenters. The number of rotatable bonds is 3. The molecule has 1 aliphatic rings. The Hall–Kier alpha value is -2.30. The predicted molar refractivity (Wildman–Crippen MR) is 81.6 cm³/mol. The Bertz CT molecular complexity index is 591. The summed E-state index contributed by atoms with van der Waals surface area (Å²) in [4.78, 5) is 10.8. The third-order valence-electron chi connectivity index (χ3n) is 3.64. The fourth-order valence-corrected chi connectivity index (χ4v) is 2.62. The zero-order chi connectivity index (χ0) is 13.9. The maximum absolute atomic E-state index is 6.26. The summed E-state index contributed by atoms with van der Waals surface area (Å²) in [5.74, 6) is 1.09. The van der Waals surface area contributed by atoms with Crippen molar-refractivity contribution < 1.29 is 0 Å². The van der Waals surface area contributed by atoms with Gasteiger partial charge in [0.1, 0.15) is 0 Å². The molecule has 1 aromatic carbocycles. The van der Waals surface area contributed by atoms with E-state index in [1.54, 1.807) is 0 Å². The molecule has 2 aromatic rings. The molecule has 0 saturated carbocycles. The highest BCUT2D eigenvalue weighted by Gasteiger charge is 2.19. The van der Waals surface area contributed by atoms with E-state index in [0.29, 0.717) is 18.1 Å². The van der Waals surface area contributed by atoms with Crippen LogP contribution in [0.2, 0.25) is 0 Å². The molecule has 1 saturated heterocycles. The van der Waals surface area contributed by atoms with Gasteiger partial charge in [-0.2, -0.15) is 4.98 Å². The van der Waals surface area contributed by atoms with Crippen LogP contribution in [-0.4, -0.2) is 23.1 Å². The molecule has 2 heterocycles. The van der Waals surface area contributed by atoms with Gasteiger partial charge in [-0.25, -0.2) is 4.98 Å². The van der Waals surface area contributed by atoms with Crippen LogP contribution in [-0.2, 0) is 6.42 Å². The van der Waals surface area contributed by atoms with E-state index >= 15 is 0 Å². The van der Waals surface area contributed by atoms with Gasteiger partial charge in [-0.15, -0.1) is 0 Å². The van der Waals surface area contributed by atoms with Crippen LogP contribution in [0.1, 0.15) is 24.1 Å². The van der Waals surface area contributed by atoms with Crippen LogP contribution in [0.25, 0.3) is 0 Å². The van der Waals surface area contributed by atoms with Crippen molar-refractivity contribution in [1.82, 2.24) is 9.97 Å². The highest BCUT2D eigenvalue weighted by molar-refractivity contribution is 5.67. The summed E-state index contributed by atoms with van der Waals surface area (Å²) in [5.41, 5.74) is 14.7. The van der Waals surface area contributed by atoms with Crippen LogP contribution in [0, 0.1) is 0 Å².